The second-order valence-corrected chi connectivity index (χ2v) is 10.1. The number of hydrogen-bond acceptors (Lipinski definition) is 9. The summed E-state index contributed by atoms with van der Waals surface area (Å²) in [7, 11) is -1.95. The summed E-state index contributed by atoms with van der Waals surface area (Å²) in [4.78, 5) is 15.8. The molecule has 0 amide bonds. The lowest BCUT2D eigenvalue weighted by molar-refractivity contribution is 0.188. The Hall–Kier alpha value is -2.57. The van der Waals surface area contributed by atoms with Crippen molar-refractivity contribution in [2.45, 2.75) is 25.3 Å². The minimum Gasteiger partial charge on any atom is -0.383 e. The minimum atomic E-state index is -3.62. The molecule has 0 radical (unpaired) electrons. The maximum atomic E-state index is 13.2. The van der Waals surface area contributed by atoms with E-state index in [2.05, 4.69) is 25.0 Å². The van der Waals surface area contributed by atoms with E-state index in [1.165, 1.54) is 0 Å². The van der Waals surface area contributed by atoms with E-state index in [0.29, 0.717) is 37.7 Å². The Balaban J connectivity index is 1.35. The van der Waals surface area contributed by atoms with E-state index < -0.39 is 10.0 Å². The number of rotatable bonds is 6. The zero-order valence-corrected chi connectivity index (χ0v) is 18.5. The molecule has 2 aliphatic heterocycles. The maximum absolute atomic E-state index is 13.2. The topological polar surface area (TPSA) is 119 Å². The van der Waals surface area contributed by atoms with Crippen LogP contribution >= 0.6 is 0 Å². The number of sulfonamides is 1. The molecule has 0 bridgehead atoms. The molecule has 0 aromatic carbocycles. The normalized spacial score (nSPS) is 22.0. The number of anilines is 1. The van der Waals surface area contributed by atoms with Gasteiger partial charge in [-0.15, -0.1) is 0 Å². The van der Waals surface area contributed by atoms with Gasteiger partial charge in [-0.2, -0.15) is 4.31 Å². The van der Waals surface area contributed by atoms with E-state index in [0.717, 1.165) is 30.1 Å². The molecule has 0 N–H and O–H groups in total. The molecular weight excluding hydrogens is 422 g/mol. The van der Waals surface area contributed by atoms with E-state index in [1.54, 1.807) is 37.9 Å². The number of aromatic nitrogens is 5. The maximum Gasteiger partial charge on any atom is 0.248 e. The van der Waals surface area contributed by atoms with Gasteiger partial charge in [0, 0.05) is 39.8 Å². The van der Waals surface area contributed by atoms with Crippen LogP contribution in [-0.4, -0.2) is 77.3 Å². The largest absolute Gasteiger partial charge is 0.383 e. The molecule has 166 valence electrons. The van der Waals surface area contributed by atoms with Crippen molar-refractivity contribution in [3.05, 3.63) is 24.1 Å². The molecule has 12 heteroatoms. The van der Waals surface area contributed by atoms with Crippen molar-refractivity contribution < 1.29 is 17.7 Å². The van der Waals surface area contributed by atoms with Crippen LogP contribution < -0.4 is 4.90 Å². The fourth-order valence-corrected chi connectivity index (χ4v) is 6.59. The highest BCUT2D eigenvalue weighted by molar-refractivity contribution is 7.89. The third-order valence-corrected chi connectivity index (χ3v) is 8.31. The Morgan fingerprint density at radius 3 is 2.52 bits per heavy atom. The van der Waals surface area contributed by atoms with E-state index in [-0.39, 0.29) is 16.7 Å². The first-order valence-electron chi connectivity index (χ1n) is 10.2. The van der Waals surface area contributed by atoms with Crippen LogP contribution in [0.15, 0.2) is 22.1 Å². The molecule has 0 spiro atoms. The van der Waals surface area contributed by atoms with Crippen molar-refractivity contribution in [3.63, 3.8) is 0 Å². The van der Waals surface area contributed by atoms with E-state index >= 15 is 0 Å². The average molecular weight is 448 g/mol. The molecule has 0 aliphatic carbocycles. The summed E-state index contributed by atoms with van der Waals surface area (Å²) in [5.41, 5.74) is 1.95. The Morgan fingerprint density at radius 1 is 1.13 bits per heavy atom. The Morgan fingerprint density at radius 2 is 1.87 bits per heavy atom. The van der Waals surface area contributed by atoms with Crippen molar-refractivity contribution in [1.82, 2.24) is 29.0 Å². The molecular formula is C19H25N7O4S. The van der Waals surface area contributed by atoms with Crippen molar-refractivity contribution in [2.24, 2.45) is 11.8 Å². The number of imidazole rings is 1. The van der Waals surface area contributed by atoms with Gasteiger partial charge < -0.3 is 18.7 Å². The first kappa shape index (κ1) is 20.3. The van der Waals surface area contributed by atoms with Crippen LogP contribution in [0.1, 0.15) is 11.5 Å². The molecule has 2 aliphatic rings. The first-order valence-corrected chi connectivity index (χ1v) is 11.7. The fraction of sp³-hybridized carbons (Fsp3) is 0.579. The summed E-state index contributed by atoms with van der Waals surface area (Å²) < 4.78 is 40.1. The highest BCUT2D eigenvalue weighted by atomic mass is 32.2. The lowest BCUT2D eigenvalue weighted by atomic mass is 10.0. The van der Waals surface area contributed by atoms with Gasteiger partial charge in [-0.05, 0) is 25.7 Å². The smallest absolute Gasteiger partial charge is 0.248 e. The molecule has 31 heavy (non-hydrogen) atoms. The van der Waals surface area contributed by atoms with Crippen molar-refractivity contribution in [1.29, 1.82) is 0 Å². The predicted octanol–water partition coefficient (Wildman–Crippen LogP) is 0.834. The highest BCUT2D eigenvalue weighted by Gasteiger charge is 2.46. The quantitative estimate of drug-likeness (QED) is 0.541. The lowest BCUT2D eigenvalue weighted by Gasteiger charge is -2.22. The van der Waals surface area contributed by atoms with Gasteiger partial charge in [-0.25, -0.2) is 23.4 Å². The molecule has 3 aromatic heterocycles. The lowest BCUT2D eigenvalue weighted by Crippen LogP contribution is -2.34. The summed E-state index contributed by atoms with van der Waals surface area (Å²) in [6.45, 7) is 6.96. The third-order valence-electron chi connectivity index (χ3n) is 6.24. The van der Waals surface area contributed by atoms with Crippen LogP contribution in [0.3, 0.4) is 0 Å². The van der Waals surface area contributed by atoms with Crippen LogP contribution in [-0.2, 0) is 21.3 Å². The summed E-state index contributed by atoms with van der Waals surface area (Å²) >= 11 is 0. The van der Waals surface area contributed by atoms with Gasteiger partial charge in [0.15, 0.2) is 22.7 Å². The molecule has 2 unspecified atom stereocenters. The molecule has 5 rings (SSSR count). The summed E-state index contributed by atoms with van der Waals surface area (Å²) in [6.07, 6.45) is 3.32. The van der Waals surface area contributed by atoms with Gasteiger partial charge in [0.2, 0.25) is 10.0 Å². The Kier molecular flexibility index (Phi) is 4.94. The number of hydrogen-bond donors (Lipinski definition) is 0. The zero-order valence-electron chi connectivity index (χ0n) is 17.7. The van der Waals surface area contributed by atoms with Crippen LogP contribution in [0.25, 0.3) is 11.2 Å². The van der Waals surface area contributed by atoms with Gasteiger partial charge in [0.1, 0.15) is 16.9 Å². The van der Waals surface area contributed by atoms with Crippen molar-refractivity contribution >= 4 is 27.0 Å². The van der Waals surface area contributed by atoms with Gasteiger partial charge >= 0.3 is 0 Å². The van der Waals surface area contributed by atoms with E-state index in [4.69, 9.17) is 9.26 Å². The van der Waals surface area contributed by atoms with Gasteiger partial charge in [-0.1, -0.05) is 5.16 Å². The summed E-state index contributed by atoms with van der Waals surface area (Å²) in [5, 5.41) is 3.81. The Bertz CT molecular complexity index is 1190. The van der Waals surface area contributed by atoms with Crippen LogP contribution in [0.4, 0.5) is 5.82 Å². The fourth-order valence-electron chi connectivity index (χ4n) is 4.74. The summed E-state index contributed by atoms with van der Waals surface area (Å²) in [6, 6.07) is 0. The predicted molar refractivity (Wildman–Crippen MR) is 111 cm³/mol. The van der Waals surface area contributed by atoms with Crippen LogP contribution in [0, 0.1) is 25.7 Å². The molecule has 2 fully saturated rings. The molecule has 2 saturated heterocycles. The van der Waals surface area contributed by atoms with Crippen molar-refractivity contribution in [3.8, 4) is 0 Å². The van der Waals surface area contributed by atoms with Crippen LogP contribution in [0.2, 0.25) is 0 Å². The molecule has 11 nitrogen and oxygen atoms in total. The second kappa shape index (κ2) is 7.53. The average Bonchev–Trinajstić information content (AvgIpc) is 3.48. The number of aryl methyl sites for hydroxylation is 2. The number of ether oxygens (including phenoxy) is 1. The van der Waals surface area contributed by atoms with E-state index in [1.807, 2.05) is 4.57 Å². The van der Waals surface area contributed by atoms with Crippen molar-refractivity contribution in [2.75, 3.05) is 44.8 Å². The van der Waals surface area contributed by atoms with Gasteiger partial charge in [-0.3, -0.25) is 0 Å². The number of nitrogens with zero attached hydrogens (tertiary/aromatic N) is 7. The SMILES string of the molecule is COCCn1cnc2c(N3CC4CN(S(=O)(=O)c5c(C)noc5C)CC4C3)ncnc21. The minimum absolute atomic E-state index is 0.198. The van der Waals surface area contributed by atoms with Crippen LogP contribution in [0.5, 0.6) is 0 Å². The van der Waals surface area contributed by atoms with Gasteiger partial charge in [0.25, 0.3) is 0 Å². The van der Waals surface area contributed by atoms with Gasteiger partial charge in [0.05, 0.1) is 12.9 Å². The highest BCUT2D eigenvalue weighted by Crippen LogP contribution is 2.38. The third kappa shape index (κ3) is 3.29. The monoisotopic (exact) mass is 447 g/mol. The Labute approximate surface area is 180 Å². The summed E-state index contributed by atoms with van der Waals surface area (Å²) in [5.74, 6) is 1.60. The number of methoxy groups -OCH3 is 1. The molecule has 5 heterocycles. The van der Waals surface area contributed by atoms with E-state index in [9.17, 15) is 8.42 Å². The standard InChI is InChI=1S/C19H25N7O4S/c1-12-17(13(2)30-23-12)31(27,28)26-8-14-6-25(7-15(14)9-26)19-16-18(20-10-21-19)24(11-22-16)4-5-29-3/h10-11,14-15H,4-9H2,1-3H3. The first-order chi connectivity index (χ1) is 14.9. The molecule has 2 atom stereocenters. The zero-order chi connectivity index (χ0) is 21.8. The number of fused-ring (bicyclic) bond motifs is 2. The molecule has 0 saturated carbocycles. The second-order valence-electron chi connectivity index (χ2n) is 8.20. The molecule has 3 aromatic rings.